The molecule has 1 aromatic heterocycles. The van der Waals surface area contributed by atoms with E-state index in [9.17, 15) is 0 Å². The van der Waals surface area contributed by atoms with Gasteiger partial charge in [0.2, 0.25) is 0 Å². The first-order chi connectivity index (χ1) is 9.58. The highest BCUT2D eigenvalue weighted by Crippen LogP contribution is 2.17. The van der Waals surface area contributed by atoms with E-state index in [4.69, 9.17) is 0 Å². The summed E-state index contributed by atoms with van der Waals surface area (Å²) in [7, 11) is 7.86. The van der Waals surface area contributed by atoms with Crippen LogP contribution in [0.15, 0.2) is 23.0 Å². The van der Waals surface area contributed by atoms with Crippen molar-refractivity contribution in [2.75, 3.05) is 39.6 Å². The largest absolute Gasteiger partial charge is 0.354 e. The molecule has 1 N–H and O–H groups in total. The zero-order chi connectivity index (χ0) is 15.0. The van der Waals surface area contributed by atoms with Crippen LogP contribution in [-0.2, 0) is 6.54 Å². The van der Waals surface area contributed by atoms with E-state index in [1.807, 2.05) is 32.1 Å². The van der Waals surface area contributed by atoms with Crippen LogP contribution in [0.1, 0.15) is 18.5 Å². The summed E-state index contributed by atoms with van der Waals surface area (Å²) >= 11 is 1.65. The first-order valence-electron chi connectivity index (χ1n) is 6.73. The van der Waals surface area contributed by atoms with Crippen LogP contribution in [0, 0.1) is 0 Å². The predicted molar refractivity (Wildman–Crippen MR) is 88.7 cm³/mol. The number of anilines is 1. The smallest absolute Gasteiger partial charge is 0.193 e. The Morgan fingerprint density at radius 3 is 2.80 bits per heavy atom. The van der Waals surface area contributed by atoms with Crippen molar-refractivity contribution >= 4 is 22.4 Å². The van der Waals surface area contributed by atoms with Gasteiger partial charge in [0.15, 0.2) is 11.1 Å². The van der Waals surface area contributed by atoms with Crippen LogP contribution in [0.2, 0.25) is 0 Å². The molecule has 0 aliphatic rings. The van der Waals surface area contributed by atoms with Crippen molar-refractivity contribution in [3.63, 3.8) is 0 Å². The lowest BCUT2D eigenvalue weighted by Crippen LogP contribution is -2.39. The van der Waals surface area contributed by atoms with Gasteiger partial charge in [0, 0.05) is 40.1 Å². The second-order valence-electron chi connectivity index (χ2n) is 4.77. The van der Waals surface area contributed by atoms with E-state index in [0.717, 1.165) is 36.2 Å². The topological polar surface area (TPSA) is 43.8 Å². The van der Waals surface area contributed by atoms with Gasteiger partial charge in [-0.25, -0.2) is 4.98 Å². The fourth-order valence-electron chi connectivity index (χ4n) is 1.72. The van der Waals surface area contributed by atoms with Crippen molar-refractivity contribution in [2.45, 2.75) is 19.4 Å². The van der Waals surface area contributed by atoms with Crippen molar-refractivity contribution in [1.29, 1.82) is 0 Å². The lowest BCUT2D eigenvalue weighted by atomic mass is 10.3. The predicted octanol–water partition coefficient (Wildman–Crippen LogP) is 2.18. The van der Waals surface area contributed by atoms with E-state index >= 15 is 0 Å². The van der Waals surface area contributed by atoms with Crippen LogP contribution in [0.5, 0.6) is 0 Å². The van der Waals surface area contributed by atoms with Crippen LogP contribution in [0.3, 0.4) is 0 Å². The fraction of sp³-hybridized carbons (Fsp3) is 0.571. The van der Waals surface area contributed by atoms with Crippen molar-refractivity contribution in [1.82, 2.24) is 15.2 Å². The molecule has 0 bridgehead atoms. The molecule has 6 heteroatoms. The van der Waals surface area contributed by atoms with Crippen molar-refractivity contribution in [2.24, 2.45) is 4.99 Å². The van der Waals surface area contributed by atoms with Gasteiger partial charge in [-0.3, -0.25) is 4.99 Å². The Hall–Kier alpha value is -1.56. The minimum atomic E-state index is 0.697. The van der Waals surface area contributed by atoms with Crippen LogP contribution in [0.4, 0.5) is 5.13 Å². The number of hydrogen-bond donors (Lipinski definition) is 1. The van der Waals surface area contributed by atoms with Crippen LogP contribution >= 0.6 is 11.3 Å². The van der Waals surface area contributed by atoms with Gasteiger partial charge in [0.25, 0.3) is 0 Å². The molecule has 20 heavy (non-hydrogen) atoms. The van der Waals surface area contributed by atoms with E-state index in [0.29, 0.717) is 6.54 Å². The summed E-state index contributed by atoms with van der Waals surface area (Å²) in [4.78, 5) is 13.0. The van der Waals surface area contributed by atoms with Crippen molar-refractivity contribution < 1.29 is 0 Å². The molecule has 0 unspecified atom stereocenters. The molecular formula is C14H25N5S. The summed E-state index contributed by atoms with van der Waals surface area (Å²) in [5, 5.41) is 6.44. The normalized spacial score (nSPS) is 11.3. The van der Waals surface area contributed by atoms with E-state index < -0.39 is 0 Å². The van der Waals surface area contributed by atoms with Crippen LogP contribution in [0.25, 0.3) is 0 Å². The summed E-state index contributed by atoms with van der Waals surface area (Å²) < 4.78 is 0. The second kappa shape index (κ2) is 8.58. The van der Waals surface area contributed by atoms with Gasteiger partial charge in [-0.2, -0.15) is 0 Å². The summed E-state index contributed by atoms with van der Waals surface area (Å²) in [6.07, 6.45) is 4.06. The fourth-order valence-corrected chi connectivity index (χ4v) is 2.47. The maximum atomic E-state index is 4.55. The Bertz CT molecular complexity index is 439. The Morgan fingerprint density at radius 2 is 2.25 bits per heavy atom. The molecule has 0 spiro atoms. The maximum Gasteiger partial charge on any atom is 0.193 e. The molecule has 0 atom stereocenters. The van der Waals surface area contributed by atoms with Crippen molar-refractivity contribution in [3.8, 4) is 0 Å². The Morgan fingerprint density at radius 1 is 1.50 bits per heavy atom. The molecular weight excluding hydrogens is 270 g/mol. The monoisotopic (exact) mass is 295 g/mol. The molecule has 0 aliphatic carbocycles. The highest BCUT2D eigenvalue weighted by molar-refractivity contribution is 7.13. The minimum Gasteiger partial charge on any atom is -0.354 e. The summed E-state index contributed by atoms with van der Waals surface area (Å²) in [5.74, 6) is 0.897. The number of hydrogen-bond acceptors (Lipinski definition) is 4. The van der Waals surface area contributed by atoms with Crippen LogP contribution in [-0.4, -0.2) is 50.6 Å². The molecule has 0 saturated carbocycles. The number of nitrogens with zero attached hydrogens (tertiary/aromatic N) is 4. The van der Waals surface area contributed by atoms with Gasteiger partial charge in [-0.05, 0) is 12.8 Å². The molecule has 0 radical (unpaired) electrons. The molecule has 0 amide bonds. The molecule has 1 aromatic rings. The van der Waals surface area contributed by atoms with E-state index in [2.05, 4.69) is 32.2 Å². The van der Waals surface area contributed by atoms with Gasteiger partial charge < -0.3 is 15.1 Å². The Kier molecular flexibility index (Phi) is 7.08. The van der Waals surface area contributed by atoms with Gasteiger partial charge in [-0.15, -0.1) is 17.9 Å². The number of allylic oxidation sites excluding steroid dienone is 1. The zero-order valence-corrected chi connectivity index (χ0v) is 13.7. The van der Waals surface area contributed by atoms with E-state index in [-0.39, 0.29) is 0 Å². The third-order valence-corrected chi connectivity index (χ3v) is 3.88. The quantitative estimate of drug-likeness (QED) is 0.362. The first-order valence-corrected chi connectivity index (χ1v) is 7.60. The highest BCUT2D eigenvalue weighted by atomic mass is 32.1. The molecule has 1 rings (SSSR count). The average molecular weight is 295 g/mol. The Balaban J connectivity index is 2.46. The lowest BCUT2D eigenvalue weighted by Gasteiger charge is -2.21. The molecule has 1 heterocycles. The number of aromatic nitrogens is 1. The summed E-state index contributed by atoms with van der Waals surface area (Å²) in [6.45, 7) is 5.40. The molecule has 0 fully saturated rings. The van der Waals surface area contributed by atoms with Gasteiger partial charge >= 0.3 is 0 Å². The molecule has 5 nitrogen and oxygen atoms in total. The number of unbranched alkanes of at least 4 members (excludes halogenated alkanes) is 1. The number of rotatable bonds is 7. The third-order valence-electron chi connectivity index (χ3n) is 2.82. The van der Waals surface area contributed by atoms with Gasteiger partial charge in [0.05, 0.1) is 12.2 Å². The molecule has 112 valence electrons. The number of guanidine groups is 1. The minimum absolute atomic E-state index is 0.697. The second-order valence-corrected chi connectivity index (χ2v) is 5.61. The number of nitrogens with one attached hydrogen (secondary N) is 1. The van der Waals surface area contributed by atoms with E-state index in [1.165, 1.54) is 0 Å². The maximum absolute atomic E-state index is 4.55. The standard InChI is InChI=1S/C14H25N5S/c1-6-7-8-9-19(5)13(15-2)16-10-12-11-20-14(17-12)18(3)4/h6,11H,1,7-10H2,2-5H3,(H,15,16). The summed E-state index contributed by atoms with van der Waals surface area (Å²) in [6, 6.07) is 0. The highest BCUT2D eigenvalue weighted by Gasteiger charge is 2.07. The Labute approximate surface area is 126 Å². The van der Waals surface area contributed by atoms with Crippen LogP contribution < -0.4 is 10.2 Å². The summed E-state index contributed by atoms with van der Waals surface area (Å²) in [5.41, 5.74) is 1.04. The lowest BCUT2D eigenvalue weighted by molar-refractivity contribution is 0.469. The van der Waals surface area contributed by atoms with Gasteiger partial charge in [0.1, 0.15) is 0 Å². The van der Waals surface area contributed by atoms with E-state index in [1.54, 1.807) is 18.4 Å². The van der Waals surface area contributed by atoms with Crippen molar-refractivity contribution in [3.05, 3.63) is 23.7 Å². The van der Waals surface area contributed by atoms with Gasteiger partial charge in [-0.1, -0.05) is 6.08 Å². The SMILES string of the molecule is C=CCCCN(C)C(=NC)NCc1csc(N(C)C)n1. The zero-order valence-electron chi connectivity index (χ0n) is 12.9. The third kappa shape index (κ3) is 5.21. The molecule has 0 saturated heterocycles. The number of thiazole rings is 1. The average Bonchev–Trinajstić information content (AvgIpc) is 2.89. The number of aliphatic imine (C=N–C) groups is 1. The molecule has 0 aliphatic heterocycles. The molecule has 0 aromatic carbocycles. The first kappa shape index (κ1) is 16.5.